The number of carboxylic acid groups (broad SMARTS) is 1. The molecule has 0 spiro atoms. The van der Waals surface area contributed by atoms with E-state index in [9.17, 15) is 4.79 Å². The minimum atomic E-state index is -0.643. The van der Waals surface area contributed by atoms with Gasteiger partial charge < -0.3 is 10.4 Å². The van der Waals surface area contributed by atoms with Crippen LogP contribution in [0.25, 0.3) is 0 Å². The first-order chi connectivity index (χ1) is 6.13. The number of nitrogens with one attached hydrogen (secondary N) is 1. The summed E-state index contributed by atoms with van der Waals surface area (Å²) >= 11 is 0. The number of aliphatic carboxylic acids is 1. The van der Waals surface area contributed by atoms with E-state index in [1.807, 2.05) is 21.0 Å². The molecule has 0 saturated carbocycles. The lowest BCUT2D eigenvalue weighted by Gasteiger charge is -2.06. The minimum absolute atomic E-state index is 0.111. The second-order valence-corrected chi connectivity index (χ2v) is 3.09. The number of rotatable bonds is 5. The highest BCUT2D eigenvalue weighted by Gasteiger charge is 2.12. The van der Waals surface area contributed by atoms with Crippen LogP contribution in [0.4, 0.5) is 0 Å². The van der Waals surface area contributed by atoms with Gasteiger partial charge in [0.2, 0.25) is 0 Å². The van der Waals surface area contributed by atoms with Crippen molar-refractivity contribution in [3.05, 3.63) is 0 Å². The maximum absolute atomic E-state index is 10.4. The summed E-state index contributed by atoms with van der Waals surface area (Å²) in [5, 5.41) is 11.3. The van der Waals surface area contributed by atoms with E-state index in [1.54, 1.807) is 0 Å². The van der Waals surface area contributed by atoms with Crippen molar-refractivity contribution >= 4 is 5.97 Å². The molecule has 0 aromatic rings. The van der Waals surface area contributed by atoms with Gasteiger partial charge in [-0.3, -0.25) is 4.79 Å². The maximum atomic E-state index is 10.4. The lowest BCUT2D eigenvalue weighted by Crippen LogP contribution is -2.11. The molecule has 0 aromatic carbocycles. The number of carbonyl (C=O) groups is 1. The van der Waals surface area contributed by atoms with Gasteiger partial charge in [0, 0.05) is 0 Å². The molecule has 1 unspecified atom stereocenters. The van der Waals surface area contributed by atoms with Crippen LogP contribution in [0, 0.1) is 5.92 Å². The fourth-order valence-corrected chi connectivity index (χ4v) is 0.953. The Morgan fingerprint density at radius 1 is 1.38 bits per heavy atom. The van der Waals surface area contributed by atoms with Crippen LogP contribution in [0.3, 0.4) is 0 Å². The minimum Gasteiger partial charge on any atom is -0.481 e. The molecule has 0 radical (unpaired) electrons. The van der Waals surface area contributed by atoms with Crippen LogP contribution in [0.2, 0.25) is 0 Å². The predicted octanol–water partition coefficient (Wildman–Crippen LogP) is 2.12. The number of hydrogen-bond donors (Lipinski definition) is 2. The normalized spacial score (nSPS) is 11.4. The van der Waals surface area contributed by atoms with Crippen LogP contribution in [-0.2, 0) is 4.79 Å². The Labute approximate surface area is 81.5 Å². The van der Waals surface area contributed by atoms with Gasteiger partial charge in [-0.1, -0.05) is 26.7 Å². The molecule has 0 aliphatic rings. The first-order valence-electron chi connectivity index (χ1n) is 4.95. The molecule has 0 aliphatic carbocycles. The van der Waals surface area contributed by atoms with E-state index in [0.717, 1.165) is 25.7 Å². The van der Waals surface area contributed by atoms with E-state index in [2.05, 4.69) is 12.2 Å². The first-order valence-corrected chi connectivity index (χ1v) is 4.95. The molecule has 2 N–H and O–H groups in total. The van der Waals surface area contributed by atoms with Gasteiger partial charge >= 0.3 is 5.97 Å². The Kier molecular flexibility index (Phi) is 13.1. The third kappa shape index (κ3) is 11.4. The molecule has 0 saturated heterocycles. The molecule has 0 bridgehead atoms. The van der Waals surface area contributed by atoms with Crippen LogP contribution in [-0.4, -0.2) is 25.2 Å². The summed E-state index contributed by atoms with van der Waals surface area (Å²) in [5.41, 5.74) is 0. The van der Waals surface area contributed by atoms with Crippen molar-refractivity contribution in [1.29, 1.82) is 0 Å². The summed E-state index contributed by atoms with van der Waals surface area (Å²) in [6, 6.07) is 0. The number of unbranched alkanes of at least 4 members (excludes halogenated alkanes) is 1. The van der Waals surface area contributed by atoms with Crippen LogP contribution in [0.5, 0.6) is 0 Å². The average molecular weight is 189 g/mol. The molecule has 0 fully saturated rings. The highest BCUT2D eigenvalue weighted by molar-refractivity contribution is 5.69. The van der Waals surface area contributed by atoms with Gasteiger partial charge in [0.25, 0.3) is 0 Å². The second kappa shape index (κ2) is 11.4. The zero-order chi connectivity index (χ0) is 10.7. The van der Waals surface area contributed by atoms with E-state index in [-0.39, 0.29) is 5.92 Å². The van der Waals surface area contributed by atoms with Gasteiger partial charge in [0.1, 0.15) is 0 Å². The average Bonchev–Trinajstić information content (AvgIpc) is 2.06. The zero-order valence-corrected chi connectivity index (χ0v) is 9.26. The molecule has 0 rings (SSSR count). The summed E-state index contributed by atoms with van der Waals surface area (Å²) in [4.78, 5) is 10.4. The Morgan fingerprint density at radius 2 is 1.85 bits per heavy atom. The van der Waals surface area contributed by atoms with Crippen molar-refractivity contribution in [3.8, 4) is 0 Å². The Balaban J connectivity index is 0. The topological polar surface area (TPSA) is 49.3 Å². The van der Waals surface area contributed by atoms with E-state index in [0.29, 0.717) is 0 Å². The van der Waals surface area contributed by atoms with Crippen molar-refractivity contribution in [2.24, 2.45) is 5.92 Å². The first kappa shape index (κ1) is 14.9. The third-order valence-electron chi connectivity index (χ3n) is 1.75. The predicted molar refractivity (Wildman–Crippen MR) is 55.9 cm³/mol. The molecule has 3 heteroatoms. The Bertz CT molecular complexity index is 115. The number of hydrogen-bond acceptors (Lipinski definition) is 2. The van der Waals surface area contributed by atoms with Crippen LogP contribution >= 0.6 is 0 Å². The van der Waals surface area contributed by atoms with Crippen molar-refractivity contribution < 1.29 is 9.90 Å². The Morgan fingerprint density at radius 3 is 2.08 bits per heavy atom. The quantitative estimate of drug-likeness (QED) is 0.696. The summed E-state index contributed by atoms with van der Waals surface area (Å²) < 4.78 is 0. The second-order valence-electron chi connectivity index (χ2n) is 3.09. The van der Waals surface area contributed by atoms with Gasteiger partial charge in [-0.25, -0.2) is 0 Å². The molecule has 0 aliphatic heterocycles. The Hall–Kier alpha value is -0.570. The summed E-state index contributed by atoms with van der Waals surface area (Å²) in [5.74, 6) is -0.754. The summed E-state index contributed by atoms with van der Waals surface area (Å²) in [7, 11) is 3.75. The summed E-state index contributed by atoms with van der Waals surface area (Å²) in [6.07, 6.45) is 3.71. The lowest BCUT2D eigenvalue weighted by atomic mass is 10.00. The van der Waals surface area contributed by atoms with Crippen LogP contribution in [0.15, 0.2) is 0 Å². The van der Waals surface area contributed by atoms with Gasteiger partial charge in [0.05, 0.1) is 5.92 Å². The highest BCUT2D eigenvalue weighted by atomic mass is 16.4. The van der Waals surface area contributed by atoms with Crippen molar-refractivity contribution in [2.45, 2.75) is 39.5 Å². The van der Waals surface area contributed by atoms with Crippen molar-refractivity contribution in [2.75, 3.05) is 14.1 Å². The van der Waals surface area contributed by atoms with Gasteiger partial charge in [-0.2, -0.15) is 0 Å². The fourth-order valence-electron chi connectivity index (χ4n) is 0.953. The summed E-state index contributed by atoms with van der Waals surface area (Å²) in [6.45, 7) is 4.00. The zero-order valence-electron chi connectivity index (χ0n) is 9.26. The molecule has 3 nitrogen and oxygen atoms in total. The monoisotopic (exact) mass is 189 g/mol. The molecule has 0 amide bonds. The molecular formula is C10H23NO2. The van der Waals surface area contributed by atoms with E-state index in [4.69, 9.17) is 5.11 Å². The van der Waals surface area contributed by atoms with Gasteiger partial charge in [-0.15, -0.1) is 0 Å². The number of carboxylic acids is 1. The SMILES string of the molecule is CCCCC(CC)C(=O)O.CNC. The van der Waals surface area contributed by atoms with E-state index < -0.39 is 5.97 Å². The fraction of sp³-hybridized carbons (Fsp3) is 0.900. The van der Waals surface area contributed by atoms with Crippen molar-refractivity contribution in [3.63, 3.8) is 0 Å². The largest absolute Gasteiger partial charge is 0.481 e. The standard InChI is InChI=1S/C8H16O2.C2H7N/c1-3-5-6-7(4-2)8(9)10;1-3-2/h7H,3-6H2,1-2H3,(H,9,10);3H,1-2H3. The molecule has 0 aromatic heterocycles. The van der Waals surface area contributed by atoms with Crippen molar-refractivity contribution in [1.82, 2.24) is 5.32 Å². The highest BCUT2D eigenvalue weighted by Crippen LogP contribution is 2.11. The smallest absolute Gasteiger partial charge is 0.306 e. The van der Waals surface area contributed by atoms with E-state index >= 15 is 0 Å². The molecule has 13 heavy (non-hydrogen) atoms. The molecular weight excluding hydrogens is 166 g/mol. The third-order valence-corrected chi connectivity index (χ3v) is 1.75. The molecule has 1 atom stereocenters. The van der Waals surface area contributed by atoms with Crippen LogP contribution < -0.4 is 5.32 Å². The van der Waals surface area contributed by atoms with E-state index in [1.165, 1.54) is 0 Å². The molecule has 80 valence electrons. The van der Waals surface area contributed by atoms with Gasteiger partial charge in [-0.05, 0) is 26.9 Å². The lowest BCUT2D eigenvalue weighted by molar-refractivity contribution is -0.142. The maximum Gasteiger partial charge on any atom is 0.306 e. The van der Waals surface area contributed by atoms with Gasteiger partial charge in [0.15, 0.2) is 0 Å². The molecule has 0 heterocycles. The van der Waals surface area contributed by atoms with Crippen LogP contribution in [0.1, 0.15) is 39.5 Å².